The minimum absolute atomic E-state index is 0.536. The first kappa shape index (κ1) is 18.3. The Kier molecular flexibility index (Phi) is 9.55. The Morgan fingerprint density at radius 1 is 0.952 bits per heavy atom. The van der Waals surface area contributed by atoms with Crippen molar-refractivity contribution in [2.75, 3.05) is 36.9 Å². The van der Waals surface area contributed by atoms with E-state index in [1.165, 1.54) is 0 Å². The summed E-state index contributed by atoms with van der Waals surface area (Å²) in [7, 11) is 0. The number of hydrogen-bond acceptors (Lipinski definition) is 4. The highest BCUT2D eigenvalue weighted by Crippen LogP contribution is 2.29. The summed E-state index contributed by atoms with van der Waals surface area (Å²) in [4.78, 5) is 4.43. The zero-order valence-corrected chi connectivity index (χ0v) is 14.4. The third kappa shape index (κ3) is 7.21. The zero-order chi connectivity index (χ0) is 15.5. The number of hydrogen-bond donors (Lipinski definition) is 2. The highest BCUT2D eigenvalue weighted by Gasteiger charge is 2.08. The van der Waals surface area contributed by atoms with Crippen molar-refractivity contribution in [1.29, 1.82) is 0 Å². The van der Waals surface area contributed by atoms with E-state index in [0.29, 0.717) is 21.7 Å². The number of nitrogens with one attached hydrogen (secondary N) is 2. The van der Waals surface area contributed by atoms with Crippen LogP contribution in [-0.4, -0.2) is 31.3 Å². The summed E-state index contributed by atoms with van der Waals surface area (Å²) >= 11 is 12.3. The topological polar surface area (TPSA) is 46.2 Å². The smallest absolute Gasteiger partial charge is 0.147 e. The molecule has 0 aliphatic rings. The number of unbranched alkanes of at least 4 members (excludes halogenated alkanes) is 1. The standard InChI is InChI=1S/C15H25Cl2N3O/c1-3-5-9-21-10-6-8-19-15-13(17)11-12(16)14(20-15)18-7-4-2/h11H,3-10H2,1-2H3,(H2,18,19,20). The Hall–Kier alpha value is -0.710. The van der Waals surface area contributed by atoms with Gasteiger partial charge >= 0.3 is 0 Å². The van der Waals surface area contributed by atoms with Crippen molar-refractivity contribution in [2.24, 2.45) is 0 Å². The summed E-state index contributed by atoms with van der Waals surface area (Å²) in [5.41, 5.74) is 0. The van der Waals surface area contributed by atoms with Crippen LogP contribution in [0.15, 0.2) is 6.07 Å². The number of pyridine rings is 1. The van der Waals surface area contributed by atoms with Crippen LogP contribution in [0.1, 0.15) is 39.5 Å². The molecule has 0 amide bonds. The molecule has 0 spiro atoms. The summed E-state index contributed by atoms with van der Waals surface area (Å²) in [6, 6.07) is 1.72. The second kappa shape index (κ2) is 10.9. The number of rotatable bonds is 11. The van der Waals surface area contributed by atoms with E-state index in [1.807, 2.05) is 0 Å². The Labute approximate surface area is 137 Å². The van der Waals surface area contributed by atoms with E-state index in [9.17, 15) is 0 Å². The Morgan fingerprint density at radius 3 is 2.19 bits per heavy atom. The largest absolute Gasteiger partial charge is 0.381 e. The molecule has 6 heteroatoms. The molecule has 0 fully saturated rings. The lowest BCUT2D eigenvalue weighted by atomic mass is 10.3. The molecule has 0 aliphatic carbocycles. The van der Waals surface area contributed by atoms with Crippen molar-refractivity contribution in [3.63, 3.8) is 0 Å². The maximum Gasteiger partial charge on any atom is 0.147 e. The van der Waals surface area contributed by atoms with Crippen molar-refractivity contribution in [3.05, 3.63) is 16.1 Å². The molecule has 0 bridgehead atoms. The van der Waals surface area contributed by atoms with Crippen molar-refractivity contribution in [2.45, 2.75) is 39.5 Å². The van der Waals surface area contributed by atoms with Gasteiger partial charge in [-0.15, -0.1) is 0 Å². The second-order valence-corrected chi connectivity index (χ2v) is 5.64. The Bertz CT molecular complexity index is 416. The van der Waals surface area contributed by atoms with Crippen LogP contribution in [-0.2, 0) is 4.74 Å². The lowest BCUT2D eigenvalue weighted by molar-refractivity contribution is 0.131. The number of aromatic nitrogens is 1. The number of nitrogens with zero attached hydrogens (tertiary/aromatic N) is 1. The summed E-state index contributed by atoms with van der Waals surface area (Å²) < 4.78 is 5.51. The summed E-state index contributed by atoms with van der Waals surface area (Å²) in [6.07, 6.45) is 4.21. The third-order valence-corrected chi connectivity index (χ3v) is 3.45. The number of anilines is 2. The molecule has 0 radical (unpaired) electrons. The van der Waals surface area contributed by atoms with Gasteiger partial charge in [0, 0.05) is 26.3 Å². The molecule has 4 nitrogen and oxygen atoms in total. The maximum atomic E-state index is 6.15. The highest BCUT2D eigenvalue weighted by atomic mass is 35.5. The van der Waals surface area contributed by atoms with Gasteiger partial charge in [-0.1, -0.05) is 43.5 Å². The minimum Gasteiger partial charge on any atom is -0.381 e. The summed E-state index contributed by atoms with van der Waals surface area (Å²) in [5.74, 6) is 1.33. The van der Waals surface area contributed by atoms with E-state index in [4.69, 9.17) is 27.9 Å². The van der Waals surface area contributed by atoms with Crippen LogP contribution in [0.3, 0.4) is 0 Å². The van der Waals surface area contributed by atoms with E-state index >= 15 is 0 Å². The Balaban J connectivity index is 2.39. The van der Waals surface area contributed by atoms with Crippen LogP contribution in [0.5, 0.6) is 0 Å². The molecule has 0 saturated heterocycles. The molecule has 0 saturated carbocycles. The molecule has 1 heterocycles. The Morgan fingerprint density at radius 2 is 1.57 bits per heavy atom. The van der Waals surface area contributed by atoms with Gasteiger partial charge in [0.2, 0.25) is 0 Å². The van der Waals surface area contributed by atoms with Gasteiger partial charge in [0.1, 0.15) is 11.6 Å². The molecule has 0 aliphatic heterocycles. The average molecular weight is 334 g/mol. The molecule has 1 aromatic rings. The minimum atomic E-state index is 0.536. The fourth-order valence-electron chi connectivity index (χ4n) is 1.69. The lowest BCUT2D eigenvalue weighted by Crippen LogP contribution is -2.10. The van der Waals surface area contributed by atoms with Gasteiger partial charge in [-0.25, -0.2) is 4.98 Å². The average Bonchev–Trinajstić information content (AvgIpc) is 2.47. The molecule has 0 atom stereocenters. The molecule has 2 N–H and O–H groups in total. The predicted molar refractivity (Wildman–Crippen MR) is 91.9 cm³/mol. The highest BCUT2D eigenvalue weighted by molar-refractivity contribution is 6.37. The van der Waals surface area contributed by atoms with Crippen molar-refractivity contribution < 1.29 is 4.74 Å². The molecular weight excluding hydrogens is 309 g/mol. The van der Waals surface area contributed by atoms with E-state index in [1.54, 1.807) is 6.07 Å². The normalized spacial score (nSPS) is 10.7. The van der Waals surface area contributed by atoms with Gasteiger partial charge < -0.3 is 15.4 Å². The maximum absolute atomic E-state index is 6.15. The fraction of sp³-hybridized carbons (Fsp3) is 0.667. The third-order valence-electron chi connectivity index (χ3n) is 2.87. The zero-order valence-electron chi connectivity index (χ0n) is 12.8. The van der Waals surface area contributed by atoms with Gasteiger partial charge in [0.15, 0.2) is 0 Å². The van der Waals surface area contributed by atoms with Crippen molar-refractivity contribution in [3.8, 4) is 0 Å². The van der Waals surface area contributed by atoms with Crippen LogP contribution in [0.25, 0.3) is 0 Å². The monoisotopic (exact) mass is 333 g/mol. The van der Waals surface area contributed by atoms with Gasteiger partial charge in [0.05, 0.1) is 10.0 Å². The molecule has 1 rings (SSSR count). The number of halogens is 2. The predicted octanol–water partition coefficient (Wildman–Crippen LogP) is 4.83. The van der Waals surface area contributed by atoms with Crippen molar-refractivity contribution in [1.82, 2.24) is 4.98 Å². The number of ether oxygens (including phenoxy) is 1. The molecule has 0 unspecified atom stereocenters. The molecular formula is C15H25Cl2N3O. The summed E-state index contributed by atoms with van der Waals surface area (Å²) in [6.45, 7) is 7.44. The summed E-state index contributed by atoms with van der Waals surface area (Å²) in [5, 5.41) is 7.49. The van der Waals surface area contributed by atoms with Crippen LogP contribution in [0, 0.1) is 0 Å². The van der Waals surface area contributed by atoms with Gasteiger partial charge in [-0.3, -0.25) is 0 Å². The van der Waals surface area contributed by atoms with E-state index < -0.39 is 0 Å². The SMILES string of the molecule is CCCCOCCCNc1nc(NCCC)c(Cl)cc1Cl. The first-order chi connectivity index (χ1) is 10.2. The van der Waals surface area contributed by atoms with E-state index in [-0.39, 0.29) is 0 Å². The van der Waals surface area contributed by atoms with Gasteiger partial charge in [0.25, 0.3) is 0 Å². The van der Waals surface area contributed by atoms with E-state index in [0.717, 1.165) is 52.0 Å². The van der Waals surface area contributed by atoms with Crippen LogP contribution >= 0.6 is 23.2 Å². The van der Waals surface area contributed by atoms with E-state index in [2.05, 4.69) is 29.5 Å². The molecule has 120 valence electrons. The van der Waals surface area contributed by atoms with Gasteiger partial charge in [-0.05, 0) is 25.3 Å². The van der Waals surface area contributed by atoms with Gasteiger partial charge in [-0.2, -0.15) is 0 Å². The van der Waals surface area contributed by atoms with Crippen LogP contribution in [0.2, 0.25) is 10.0 Å². The quantitative estimate of drug-likeness (QED) is 0.569. The molecule has 21 heavy (non-hydrogen) atoms. The first-order valence-electron chi connectivity index (χ1n) is 7.60. The van der Waals surface area contributed by atoms with Crippen LogP contribution in [0.4, 0.5) is 11.6 Å². The lowest BCUT2D eigenvalue weighted by Gasteiger charge is -2.12. The molecule has 1 aromatic heterocycles. The second-order valence-electron chi connectivity index (χ2n) is 4.82. The fourth-order valence-corrected chi connectivity index (χ4v) is 2.18. The van der Waals surface area contributed by atoms with Crippen molar-refractivity contribution >= 4 is 34.8 Å². The van der Waals surface area contributed by atoms with Crippen LogP contribution < -0.4 is 10.6 Å². The first-order valence-corrected chi connectivity index (χ1v) is 8.36. The molecule has 0 aromatic carbocycles.